The van der Waals surface area contributed by atoms with Crippen LogP contribution in [0.2, 0.25) is 0 Å². The second-order valence-corrected chi connectivity index (χ2v) is 4.40. The van der Waals surface area contributed by atoms with Crippen molar-refractivity contribution in [3.63, 3.8) is 0 Å². The molecule has 3 rings (SSSR count). The van der Waals surface area contributed by atoms with Gasteiger partial charge < -0.3 is 14.8 Å². The highest BCUT2D eigenvalue weighted by Crippen LogP contribution is 2.20. The zero-order valence-electron chi connectivity index (χ0n) is 9.08. The maximum absolute atomic E-state index is 4.74. The summed E-state index contributed by atoms with van der Waals surface area (Å²) >= 11 is 0. The van der Waals surface area contributed by atoms with Gasteiger partial charge >= 0.3 is 0 Å². The molecule has 1 saturated heterocycles. The van der Waals surface area contributed by atoms with Crippen molar-refractivity contribution in [2.75, 3.05) is 31.1 Å². The minimum atomic E-state index is 1.09. The third-order valence-electron chi connectivity index (χ3n) is 3.34. The van der Waals surface area contributed by atoms with Crippen LogP contribution in [-0.4, -0.2) is 35.7 Å². The van der Waals surface area contributed by atoms with Crippen molar-refractivity contribution in [3.05, 3.63) is 12.0 Å². The molecule has 4 heteroatoms. The molecule has 15 heavy (non-hydrogen) atoms. The van der Waals surface area contributed by atoms with E-state index in [2.05, 4.69) is 21.0 Å². The number of aryl methyl sites for hydroxylation is 2. The third-order valence-corrected chi connectivity index (χ3v) is 3.34. The standard InChI is InChI=1S/C11H18N4/c1-2-6-15-9-11(13-10(15)3-1)14-7-4-12-5-8-14/h9,12H,1-8H2. The van der Waals surface area contributed by atoms with E-state index in [1.165, 1.54) is 24.5 Å². The van der Waals surface area contributed by atoms with E-state index in [0.717, 1.165) is 39.1 Å². The van der Waals surface area contributed by atoms with Gasteiger partial charge in [-0.25, -0.2) is 4.98 Å². The molecule has 1 aromatic heterocycles. The van der Waals surface area contributed by atoms with Crippen LogP contribution in [0.3, 0.4) is 0 Å². The summed E-state index contributed by atoms with van der Waals surface area (Å²) in [6, 6.07) is 0. The fourth-order valence-electron chi connectivity index (χ4n) is 2.44. The first kappa shape index (κ1) is 9.21. The summed E-state index contributed by atoms with van der Waals surface area (Å²) in [6.45, 7) is 5.52. The molecule has 82 valence electrons. The van der Waals surface area contributed by atoms with Gasteiger partial charge in [0.25, 0.3) is 0 Å². The number of aromatic nitrogens is 2. The molecule has 0 aromatic carbocycles. The third kappa shape index (κ3) is 1.74. The van der Waals surface area contributed by atoms with E-state index in [9.17, 15) is 0 Å². The number of imidazole rings is 1. The SMILES string of the molecule is c1c(N2CCNCC2)nc2n1CCCC2. The average Bonchev–Trinajstić information content (AvgIpc) is 2.74. The normalized spacial score (nSPS) is 21.5. The molecule has 0 radical (unpaired) electrons. The Morgan fingerprint density at radius 2 is 2.00 bits per heavy atom. The number of fused-ring (bicyclic) bond motifs is 1. The second kappa shape index (κ2) is 3.85. The largest absolute Gasteiger partial charge is 0.353 e. The first-order valence-electron chi connectivity index (χ1n) is 5.95. The Bertz CT molecular complexity index is 315. The van der Waals surface area contributed by atoms with Crippen LogP contribution in [0.5, 0.6) is 0 Å². The van der Waals surface area contributed by atoms with Gasteiger partial charge in [-0.3, -0.25) is 0 Å². The van der Waals surface area contributed by atoms with Crippen molar-refractivity contribution in [3.8, 4) is 0 Å². The summed E-state index contributed by atoms with van der Waals surface area (Å²) in [5, 5.41) is 3.37. The molecule has 1 fully saturated rings. The minimum Gasteiger partial charge on any atom is -0.353 e. The summed E-state index contributed by atoms with van der Waals surface area (Å²) < 4.78 is 2.33. The fourth-order valence-corrected chi connectivity index (χ4v) is 2.44. The Balaban J connectivity index is 1.82. The summed E-state index contributed by atoms with van der Waals surface area (Å²) in [5.74, 6) is 2.48. The van der Waals surface area contributed by atoms with Crippen molar-refractivity contribution in [2.45, 2.75) is 25.8 Å². The van der Waals surface area contributed by atoms with E-state index in [1.54, 1.807) is 0 Å². The van der Waals surface area contributed by atoms with Gasteiger partial charge in [0.2, 0.25) is 0 Å². The van der Waals surface area contributed by atoms with Crippen LogP contribution in [0, 0.1) is 0 Å². The van der Waals surface area contributed by atoms with Crippen LogP contribution >= 0.6 is 0 Å². The zero-order chi connectivity index (χ0) is 10.1. The number of hydrogen-bond donors (Lipinski definition) is 1. The van der Waals surface area contributed by atoms with Gasteiger partial charge in [-0.2, -0.15) is 0 Å². The fraction of sp³-hybridized carbons (Fsp3) is 0.727. The molecule has 2 aliphatic rings. The maximum Gasteiger partial charge on any atom is 0.147 e. The van der Waals surface area contributed by atoms with Crippen molar-refractivity contribution < 1.29 is 0 Å². The first-order valence-corrected chi connectivity index (χ1v) is 5.95. The van der Waals surface area contributed by atoms with Crippen molar-refractivity contribution in [2.24, 2.45) is 0 Å². The van der Waals surface area contributed by atoms with Gasteiger partial charge in [-0.05, 0) is 12.8 Å². The molecule has 1 N–H and O–H groups in total. The van der Waals surface area contributed by atoms with Crippen LogP contribution in [0.4, 0.5) is 5.82 Å². The molecule has 2 aliphatic heterocycles. The number of anilines is 1. The average molecular weight is 206 g/mol. The van der Waals surface area contributed by atoms with Crippen LogP contribution in [0.1, 0.15) is 18.7 Å². The van der Waals surface area contributed by atoms with Gasteiger partial charge in [-0.1, -0.05) is 0 Å². The molecular formula is C11H18N4. The van der Waals surface area contributed by atoms with Gasteiger partial charge in [0.1, 0.15) is 11.6 Å². The van der Waals surface area contributed by atoms with Crippen LogP contribution in [-0.2, 0) is 13.0 Å². The summed E-state index contributed by atoms with van der Waals surface area (Å²) in [6.07, 6.45) is 6.01. The summed E-state index contributed by atoms with van der Waals surface area (Å²) in [5.41, 5.74) is 0. The predicted octanol–water partition coefficient (Wildman–Crippen LogP) is 0.629. The Morgan fingerprint density at radius 1 is 1.13 bits per heavy atom. The number of hydrogen-bond acceptors (Lipinski definition) is 3. The van der Waals surface area contributed by atoms with E-state index < -0.39 is 0 Å². The highest BCUT2D eigenvalue weighted by Gasteiger charge is 2.17. The van der Waals surface area contributed by atoms with E-state index >= 15 is 0 Å². The highest BCUT2D eigenvalue weighted by molar-refractivity contribution is 5.38. The second-order valence-electron chi connectivity index (χ2n) is 4.40. The smallest absolute Gasteiger partial charge is 0.147 e. The van der Waals surface area contributed by atoms with E-state index in [1.807, 2.05) is 0 Å². The number of piperazine rings is 1. The number of rotatable bonds is 1. The molecular weight excluding hydrogens is 188 g/mol. The number of nitrogens with one attached hydrogen (secondary N) is 1. The van der Waals surface area contributed by atoms with Crippen LogP contribution in [0.25, 0.3) is 0 Å². The van der Waals surface area contributed by atoms with Gasteiger partial charge in [0, 0.05) is 45.3 Å². The van der Waals surface area contributed by atoms with Crippen molar-refractivity contribution >= 4 is 5.82 Å². The zero-order valence-corrected chi connectivity index (χ0v) is 9.08. The van der Waals surface area contributed by atoms with Crippen LogP contribution < -0.4 is 10.2 Å². The Morgan fingerprint density at radius 3 is 2.80 bits per heavy atom. The molecule has 0 amide bonds. The van der Waals surface area contributed by atoms with Gasteiger partial charge in [0.15, 0.2) is 0 Å². The maximum atomic E-state index is 4.74. The van der Waals surface area contributed by atoms with E-state index in [0.29, 0.717) is 0 Å². The van der Waals surface area contributed by atoms with Gasteiger partial charge in [0.05, 0.1) is 0 Å². The van der Waals surface area contributed by atoms with Gasteiger partial charge in [-0.15, -0.1) is 0 Å². The number of nitrogens with zero attached hydrogens (tertiary/aromatic N) is 3. The topological polar surface area (TPSA) is 33.1 Å². The lowest BCUT2D eigenvalue weighted by atomic mass is 10.2. The van der Waals surface area contributed by atoms with E-state index in [4.69, 9.17) is 4.98 Å². The molecule has 0 unspecified atom stereocenters. The molecule has 3 heterocycles. The Labute approximate surface area is 90.3 Å². The Hall–Kier alpha value is -1.03. The molecule has 0 saturated carbocycles. The monoisotopic (exact) mass is 206 g/mol. The summed E-state index contributed by atoms with van der Waals surface area (Å²) in [7, 11) is 0. The van der Waals surface area contributed by atoms with Crippen molar-refractivity contribution in [1.82, 2.24) is 14.9 Å². The molecule has 0 bridgehead atoms. The van der Waals surface area contributed by atoms with E-state index in [-0.39, 0.29) is 0 Å². The molecule has 4 nitrogen and oxygen atoms in total. The lowest BCUT2D eigenvalue weighted by Crippen LogP contribution is -2.43. The van der Waals surface area contributed by atoms with Crippen molar-refractivity contribution in [1.29, 1.82) is 0 Å². The summed E-state index contributed by atoms with van der Waals surface area (Å²) in [4.78, 5) is 7.13. The van der Waals surface area contributed by atoms with Crippen LogP contribution in [0.15, 0.2) is 6.20 Å². The quantitative estimate of drug-likeness (QED) is 0.731. The minimum absolute atomic E-state index is 1.09. The first-order chi connectivity index (χ1) is 7.43. The lowest BCUT2D eigenvalue weighted by molar-refractivity contribution is 0.522. The predicted molar refractivity (Wildman–Crippen MR) is 60.2 cm³/mol. The molecule has 1 aromatic rings. The molecule has 0 aliphatic carbocycles. The molecule has 0 spiro atoms. The Kier molecular flexibility index (Phi) is 2.37. The lowest BCUT2D eigenvalue weighted by Gasteiger charge is -2.27. The highest BCUT2D eigenvalue weighted by atomic mass is 15.3. The molecule has 0 atom stereocenters.